The summed E-state index contributed by atoms with van der Waals surface area (Å²) in [7, 11) is -3.30. The van der Waals surface area contributed by atoms with E-state index in [-0.39, 0.29) is 13.2 Å². The number of hydrogen-bond acceptors (Lipinski definition) is 5. The van der Waals surface area contributed by atoms with Crippen molar-refractivity contribution in [2.24, 2.45) is 0 Å². The van der Waals surface area contributed by atoms with E-state index in [1.165, 1.54) is 13.8 Å². The van der Waals surface area contributed by atoms with Gasteiger partial charge in [-0.2, -0.15) is 0 Å². The fraction of sp³-hybridized carbons (Fsp3) is 0.778. The molecule has 0 saturated heterocycles. The second-order valence-corrected chi connectivity index (χ2v) is 6.58. The number of carbonyl (C=O) groups is 2. The maximum Gasteiger partial charge on any atom is 0.396 e. The highest BCUT2D eigenvalue weighted by molar-refractivity contribution is 7.92. The fourth-order valence-electron chi connectivity index (χ4n) is 0.693. The summed E-state index contributed by atoms with van der Waals surface area (Å²) in [6, 6.07) is 0. The van der Waals surface area contributed by atoms with E-state index in [0.29, 0.717) is 0 Å². The third-order valence-electron chi connectivity index (χ3n) is 2.14. The Morgan fingerprint density at radius 3 is 2.19 bits per heavy atom. The molecule has 0 atom stereocenters. The predicted molar refractivity (Wildman–Crippen MR) is 58.6 cm³/mol. The second-order valence-electron chi connectivity index (χ2n) is 3.94. The molecule has 0 bridgehead atoms. The standard InChI is InChI=1S/C9H17NO5S/c1-5-15-8(12)7(11)10-6-9(2,3)16(4,13)14/h5-6H2,1-4H3,(H,10,11). The molecule has 0 saturated carbocycles. The molecule has 0 aromatic heterocycles. The Morgan fingerprint density at radius 1 is 1.31 bits per heavy atom. The van der Waals surface area contributed by atoms with Gasteiger partial charge in [-0.05, 0) is 20.8 Å². The molecule has 0 aliphatic heterocycles. The highest BCUT2D eigenvalue weighted by Crippen LogP contribution is 2.13. The third kappa shape index (κ3) is 4.18. The Kier molecular flexibility index (Phi) is 4.92. The monoisotopic (exact) mass is 251 g/mol. The van der Waals surface area contributed by atoms with Crippen LogP contribution in [0.15, 0.2) is 0 Å². The molecule has 0 unspecified atom stereocenters. The van der Waals surface area contributed by atoms with Gasteiger partial charge in [-0.3, -0.25) is 4.79 Å². The summed E-state index contributed by atoms with van der Waals surface area (Å²) < 4.78 is 25.9. The molecule has 6 nitrogen and oxygen atoms in total. The third-order valence-corrected chi connectivity index (χ3v) is 4.29. The van der Waals surface area contributed by atoms with Crippen molar-refractivity contribution in [1.29, 1.82) is 0 Å². The summed E-state index contributed by atoms with van der Waals surface area (Å²) in [5.41, 5.74) is 0. The normalized spacial score (nSPS) is 12.0. The Morgan fingerprint density at radius 2 is 1.81 bits per heavy atom. The highest BCUT2D eigenvalue weighted by atomic mass is 32.2. The molecule has 1 N–H and O–H groups in total. The number of ether oxygens (including phenoxy) is 1. The molecular formula is C9H17NO5S. The highest BCUT2D eigenvalue weighted by Gasteiger charge is 2.31. The number of carbonyl (C=O) groups excluding carboxylic acids is 2. The molecule has 7 heteroatoms. The van der Waals surface area contributed by atoms with Crippen LogP contribution in [0.2, 0.25) is 0 Å². The van der Waals surface area contributed by atoms with Crippen molar-refractivity contribution in [2.45, 2.75) is 25.5 Å². The van der Waals surface area contributed by atoms with Gasteiger partial charge in [0.05, 0.1) is 11.4 Å². The van der Waals surface area contributed by atoms with E-state index in [9.17, 15) is 18.0 Å². The Balaban J connectivity index is 4.37. The lowest BCUT2D eigenvalue weighted by Gasteiger charge is -2.22. The number of sulfone groups is 1. The summed E-state index contributed by atoms with van der Waals surface area (Å²) in [5, 5.41) is 2.22. The minimum atomic E-state index is -3.30. The SMILES string of the molecule is CCOC(=O)C(=O)NCC(C)(C)S(C)(=O)=O. The van der Waals surface area contributed by atoms with Crippen LogP contribution >= 0.6 is 0 Å². The van der Waals surface area contributed by atoms with Crippen molar-refractivity contribution in [1.82, 2.24) is 5.32 Å². The largest absolute Gasteiger partial charge is 0.459 e. The first-order valence-corrected chi connectivity index (χ1v) is 6.65. The van der Waals surface area contributed by atoms with Crippen LogP contribution in [0.5, 0.6) is 0 Å². The van der Waals surface area contributed by atoms with Gasteiger partial charge >= 0.3 is 11.9 Å². The molecule has 0 rings (SSSR count). The lowest BCUT2D eigenvalue weighted by atomic mass is 10.2. The van der Waals surface area contributed by atoms with E-state index in [2.05, 4.69) is 10.1 Å². The molecule has 0 radical (unpaired) electrons. The molecule has 1 amide bonds. The van der Waals surface area contributed by atoms with Gasteiger partial charge in [0.1, 0.15) is 0 Å². The predicted octanol–water partition coefficient (Wildman–Crippen LogP) is -0.511. The molecule has 0 spiro atoms. The van der Waals surface area contributed by atoms with Crippen LogP contribution < -0.4 is 5.32 Å². The van der Waals surface area contributed by atoms with Gasteiger partial charge in [0.15, 0.2) is 9.84 Å². The van der Waals surface area contributed by atoms with Crippen LogP contribution in [0.25, 0.3) is 0 Å². The minimum Gasteiger partial charge on any atom is -0.459 e. The van der Waals surface area contributed by atoms with Gasteiger partial charge in [0.2, 0.25) is 0 Å². The summed E-state index contributed by atoms with van der Waals surface area (Å²) in [6.45, 7) is 4.47. The Hall–Kier alpha value is -1.11. The van der Waals surface area contributed by atoms with Gasteiger partial charge in [-0.25, -0.2) is 13.2 Å². The van der Waals surface area contributed by atoms with Gasteiger partial charge in [-0.1, -0.05) is 0 Å². The van der Waals surface area contributed by atoms with Crippen LogP contribution in [0.1, 0.15) is 20.8 Å². The molecule has 0 fully saturated rings. The first kappa shape index (κ1) is 14.9. The van der Waals surface area contributed by atoms with Gasteiger partial charge in [0.25, 0.3) is 0 Å². The van der Waals surface area contributed by atoms with E-state index >= 15 is 0 Å². The maximum atomic E-state index is 11.3. The summed E-state index contributed by atoms with van der Waals surface area (Å²) in [6.07, 6.45) is 1.07. The van der Waals surface area contributed by atoms with Gasteiger partial charge in [-0.15, -0.1) is 0 Å². The average molecular weight is 251 g/mol. The number of nitrogens with one attached hydrogen (secondary N) is 1. The zero-order valence-corrected chi connectivity index (χ0v) is 10.7. The molecule has 0 heterocycles. The van der Waals surface area contributed by atoms with Crippen molar-refractivity contribution in [3.05, 3.63) is 0 Å². The lowest BCUT2D eigenvalue weighted by Crippen LogP contribution is -2.46. The summed E-state index contributed by atoms with van der Waals surface area (Å²) in [4.78, 5) is 22.1. The molecular weight excluding hydrogens is 234 g/mol. The lowest BCUT2D eigenvalue weighted by molar-refractivity contribution is -0.154. The molecule has 0 aliphatic rings. The average Bonchev–Trinajstić information content (AvgIpc) is 2.12. The quantitative estimate of drug-likeness (QED) is 0.537. The van der Waals surface area contributed by atoms with Crippen molar-refractivity contribution < 1.29 is 22.7 Å². The molecule has 16 heavy (non-hydrogen) atoms. The molecule has 94 valence electrons. The molecule has 0 aliphatic carbocycles. The van der Waals surface area contributed by atoms with Crippen LogP contribution in [-0.4, -0.2) is 44.4 Å². The molecule has 0 aromatic rings. The Bertz CT molecular complexity index is 371. The summed E-state index contributed by atoms with van der Waals surface area (Å²) in [5.74, 6) is -1.94. The smallest absolute Gasteiger partial charge is 0.396 e. The van der Waals surface area contributed by atoms with E-state index < -0.39 is 26.5 Å². The number of amides is 1. The maximum absolute atomic E-state index is 11.3. The van der Waals surface area contributed by atoms with E-state index in [4.69, 9.17) is 0 Å². The van der Waals surface area contributed by atoms with Crippen LogP contribution in [0.3, 0.4) is 0 Å². The van der Waals surface area contributed by atoms with Gasteiger partial charge < -0.3 is 10.1 Å². The first-order valence-electron chi connectivity index (χ1n) is 4.76. The fourth-order valence-corrected chi connectivity index (χ4v) is 1.03. The first-order chi connectivity index (χ1) is 7.12. The number of hydrogen-bond donors (Lipinski definition) is 1. The zero-order chi connectivity index (χ0) is 13.0. The van der Waals surface area contributed by atoms with Crippen molar-refractivity contribution in [3.8, 4) is 0 Å². The second kappa shape index (κ2) is 5.29. The van der Waals surface area contributed by atoms with E-state index in [1.807, 2.05) is 0 Å². The van der Waals surface area contributed by atoms with Crippen molar-refractivity contribution >= 4 is 21.7 Å². The summed E-state index contributed by atoms with van der Waals surface area (Å²) >= 11 is 0. The van der Waals surface area contributed by atoms with E-state index in [1.54, 1.807) is 6.92 Å². The van der Waals surface area contributed by atoms with Crippen LogP contribution in [0.4, 0.5) is 0 Å². The topological polar surface area (TPSA) is 89.5 Å². The number of esters is 1. The Labute approximate surface area is 95.3 Å². The minimum absolute atomic E-state index is 0.0989. The number of rotatable bonds is 4. The van der Waals surface area contributed by atoms with E-state index in [0.717, 1.165) is 6.26 Å². The van der Waals surface area contributed by atoms with Crippen LogP contribution in [-0.2, 0) is 24.2 Å². The van der Waals surface area contributed by atoms with Crippen molar-refractivity contribution in [2.75, 3.05) is 19.4 Å². The van der Waals surface area contributed by atoms with Crippen molar-refractivity contribution in [3.63, 3.8) is 0 Å². The van der Waals surface area contributed by atoms with Gasteiger partial charge in [0, 0.05) is 12.8 Å². The zero-order valence-electron chi connectivity index (χ0n) is 9.86. The van der Waals surface area contributed by atoms with Crippen LogP contribution in [0, 0.1) is 0 Å². The molecule has 0 aromatic carbocycles.